The van der Waals surface area contributed by atoms with E-state index in [9.17, 15) is 24.2 Å². The molecule has 3 atom stereocenters. The topological polar surface area (TPSA) is 131 Å². The monoisotopic (exact) mass is 844 g/mol. The minimum atomic E-state index is -4.67. The molecule has 0 aliphatic carbocycles. The lowest BCUT2D eigenvalue weighted by molar-refractivity contribution is -0.870. The second kappa shape index (κ2) is 38.8. The number of nitrogens with zero attached hydrogens (tertiary/aromatic N) is 1. The fourth-order valence-corrected chi connectivity index (χ4v) is 5.67. The van der Waals surface area contributed by atoms with Crippen LogP contribution in [0.4, 0.5) is 0 Å². The molecule has 0 saturated carbocycles. The summed E-state index contributed by atoms with van der Waals surface area (Å²) in [6.45, 7) is 3.82. The fourth-order valence-electron chi connectivity index (χ4n) is 4.94. The molecule has 0 fully saturated rings. The van der Waals surface area contributed by atoms with Gasteiger partial charge in [0.15, 0.2) is 6.10 Å². The number of aliphatic hydroxyl groups is 1. The summed E-state index contributed by atoms with van der Waals surface area (Å²) >= 11 is 0. The molecule has 0 radical (unpaired) electrons. The number of carbonyl (C=O) groups excluding carboxylic acids is 2. The van der Waals surface area contributed by atoms with Gasteiger partial charge in [-0.3, -0.25) is 14.2 Å². The second-order valence-electron chi connectivity index (χ2n) is 15.2. The van der Waals surface area contributed by atoms with E-state index in [0.717, 1.165) is 38.5 Å². The SMILES string of the molecule is CC/C=C\C/C=C\CC(O)/C=C/C=C\C/C=C\CCCC(=O)OC[C@H](COP(=O)([O-])OCC[N+](C)(C)C)OC(=O)CCC/C=C\C/C=C\C/C=C\C/C=C\CCCCC. The average molecular weight is 844 g/mol. The number of rotatable bonds is 37. The zero-order chi connectivity index (χ0) is 43.7. The van der Waals surface area contributed by atoms with Gasteiger partial charge in [0.2, 0.25) is 0 Å². The molecule has 2 unspecified atom stereocenters. The summed E-state index contributed by atoms with van der Waals surface area (Å²) < 4.78 is 33.7. The molecule has 0 amide bonds. The Kier molecular flexibility index (Phi) is 36.6. The van der Waals surface area contributed by atoms with Crippen LogP contribution in [-0.4, -0.2) is 81.2 Å². The molecule has 0 aliphatic rings. The van der Waals surface area contributed by atoms with Crippen molar-refractivity contribution in [2.45, 2.75) is 135 Å². The predicted octanol–water partition coefficient (Wildman–Crippen LogP) is 10.7. The standard InChI is InChI=1S/C48H78NO9P/c1-6-8-10-12-14-15-16-17-18-19-20-21-22-23-28-32-36-40-48(52)58-46(44-57-59(53,54)56-42-41-49(3,4)5)43-55-47(51)39-35-31-27-25-24-26-30-34-38-45(50)37-33-29-13-11-9-7-2/h9,11,14-15,17-18,20-21,23,25-30,33-34,38,45-46,50H,6-8,10,12-13,16,19,22,24,31-32,35-37,39-44H2,1-5H3/b11-9-,15-14-,18-17-,21-20-,27-25-,28-23-,30-26-,33-29-,38-34+/t45?,46-/m1/s1. The molecule has 1 N–H and O–H groups in total. The zero-order valence-corrected chi connectivity index (χ0v) is 37.9. The molecule has 0 heterocycles. The number of quaternary nitrogens is 1. The van der Waals surface area contributed by atoms with E-state index in [-0.39, 0.29) is 26.1 Å². The van der Waals surface area contributed by atoms with Crippen molar-refractivity contribution in [3.63, 3.8) is 0 Å². The summed E-state index contributed by atoms with van der Waals surface area (Å²) in [7, 11) is 1.04. The van der Waals surface area contributed by atoms with Crippen LogP contribution < -0.4 is 4.89 Å². The van der Waals surface area contributed by atoms with Gasteiger partial charge in [0.25, 0.3) is 7.82 Å². The van der Waals surface area contributed by atoms with Gasteiger partial charge in [-0.2, -0.15) is 0 Å². The number of allylic oxidation sites excluding steroid dienone is 16. The number of aliphatic hydroxyl groups excluding tert-OH is 1. The first kappa shape index (κ1) is 55.6. The van der Waals surface area contributed by atoms with Crippen LogP contribution in [0.3, 0.4) is 0 Å². The maximum atomic E-state index is 12.6. The molecule has 59 heavy (non-hydrogen) atoms. The molecule has 11 heteroatoms. The molecular formula is C48H78NO9P. The molecular weight excluding hydrogens is 765 g/mol. The summed E-state index contributed by atoms with van der Waals surface area (Å²) in [5.74, 6) is -1.02. The van der Waals surface area contributed by atoms with Crippen LogP contribution in [-0.2, 0) is 32.7 Å². The molecule has 0 aromatic carbocycles. The first-order valence-corrected chi connectivity index (χ1v) is 23.2. The fraction of sp³-hybridized carbons (Fsp3) is 0.583. The third kappa shape index (κ3) is 42.6. The number of ether oxygens (including phenoxy) is 2. The van der Waals surface area contributed by atoms with Crippen molar-refractivity contribution < 1.29 is 47.2 Å². The van der Waals surface area contributed by atoms with Crippen molar-refractivity contribution in [3.8, 4) is 0 Å². The molecule has 0 spiro atoms. The van der Waals surface area contributed by atoms with E-state index in [2.05, 4.69) is 68.5 Å². The number of carbonyl (C=O) groups is 2. The van der Waals surface area contributed by atoms with Crippen LogP contribution in [0.1, 0.15) is 123 Å². The Balaban J connectivity index is 4.65. The highest BCUT2D eigenvalue weighted by molar-refractivity contribution is 7.45. The largest absolute Gasteiger partial charge is 0.756 e. The van der Waals surface area contributed by atoms with Gasteiger partial charge < -0.3 is 33.0 Å². The van der Waals surface area contributed by atoms with Crippen LogP contribution in [0.5, 0.6) is 0 Å². The van der Waals surface area contributed by atoms with E-state index in [1.807, 2.05) is 69.8 Å². The number of likely N-dealkylation sites (N-methyl/N-ethyl adjacent to an activating group) is 1. The van der Waals surface area contributed by atoms with Crippen LogP contribution >= 0.6 is 7.82 Å². The first-order chi connectivity index (χ1) is 28.4. The lowest BCUT2D eigenvalue weighted by atomic mass is 10.2. The Morgan fingerprint density at radius 1 is 0.644 bits per heavy atom. The highest BCUT2D eigenvalue weighted by Crippen LogP contribution is 2.38. The molecule has 334 valence electrons. The highest BCUT2D eigenvalue weighted by Gasteiger charge is 2.21. The van der Waals surface area contributed by atoms with Crippen molar-refractivity contribution in [1.82, 2.24) is 0 Å². The second-order valence-corrected chi connectivity index (χ2v) is 16.6. The molecule has 10 nitrogen and oxygen atoms in total. The van der Waals surface area contributed by atoms with Gasteiger partial charge in [-0.1, -0.05) is 136 Å². The summed E-state index contributed by atoms with van der Waals surface area (Å²) in [6, 6.07) is 0. The predicted molar refractivity (Wildman–Crippen MR) is 241 cm³/mol. The van der Waals surface area contributed by atoms with Crippen LogP contribution in [0.2, 0.25) is 0 Å². The number of phosphoric ester groups is 1. The Hall–Kier alpha value is -3.37. The molecule has 0 aromatic rings. The number of phosphoric acid groups is 1. The number of unbranched alkanes of at least 4 members (excludes halogenated alkanes) is 5. The molecule has 0 aromatic heterocycles. The first-order valence-electron chi connectivity index (χ1n) is 21.7. The zero-order valence-electron chi connectivity index (χ0n) is 37.0. The minimum absolute atomic E-state index is 0.0665. The quantitative estimate of drug-likeness (QED) is 0.0162. The maximum Gasteiger partial charge on any atom is 0.306 e. The van der Waals surface area contributed by atoms with Gasteiger partial charge in [0, 0.05) is 12.8 Å². The van der Waals surface area contributed by atoms with Crippen LogP contribution in [0.25, 0.3) is 0 Å². The van der Waals surface area contributed by atoms with Crippen molar-refractivity contribution >= 4 is 19.8 Å². The van der Waals surface area contributed by atoms with Gasteiger partial charge in [0.1, 0.15) is 19.8 Å². The van der Waals surface area contributed by atoms with E-state index in [1.54, 1.807) is 6.08 Å². The van der Waals surface area contributed by atoms with Crippen molar-refractivity contribution in [3.05, 3.63) is 109 Å². The van der Waals surface area contributed by atoms with E-state index < -0.39 is 38.6 Å². The minimum Gasteiger partial charge on any atom is -0.756 e. The van der Waals surface area contributed by atoms with E-state index in [1.165, 1.54) is 19.3 Å². The van der Waals surface area contributed by atoms with Crippen molar-refractivity contribution in [2.24, 2.45) is 0 Å². The normalized spacial score (nSPS) is 15.2. The van der Waals surface area contributed by atoms with Crippen molar-refractivity contribution in [2.75, 3.05) is 47.5 Å². The Morgan fingerprint density at radius 3 is 1.75 bits per heavy atom. The third-order valence-electron chi connectivity index (χ3n) is 8.36. The Morgan fingerprint density at radius 2 is 1.17 bits per heavy atom. The summed E-state index contributed by atoms with van der Waals surface area (Å²) in [5, 5.41) is 10.0. The number of hydrogen-bond acceptors (Lipinski definition) is 9. The Bertz CT molecular complexity index is 1380. The van der Waals surface area contributed by atoms with Gasteiger partial charge in [-0.25, -0.2) is 0 Å². The summed E-state index contributed by atoms with van der Waals surface area (Å²) in [6.07, 6.45) is 48.8. The lowest BCUT2D eigenvalue weighted by Crippen LogP contribution is -2.37. The average Bonchev–Trinajstić information content (AvgIpc) is 3.18. The molecule has 0 aliphatic heterocycles. The smallest absolute Gasteiger partial charge is 0.306 e. The summed E-state index contributed by atoms with van der Waals surface area (Å²) in [4.78, 5) is 37.5. The molecule has 0 saturated heterocycles. The molecule has 0 rings (SSSR count). The van der Waals surface area contributed by atoms with E-state index in [4.69, 9.17) is 18.5 Å². The van der Waals surface area contributed by atoms with E-state index in [0.29, 0.717) is 49.6 Å². The van der Waals surface area contributed by atoms with Gasteiger partial charge in [-0.15, -0.1) is 0 Å². The van der Waals surface area contributed by atoms with Gasteiger partial charge in [-0.05, 0) is 83.5 Å². The number of hydrogen-bond donors (Lipinski definition) is 1. The third-order valence-corrected chi connectivity index (χ3v) is 9.32. The van der Waals surface area contributed by atoms with Crippen molar-refractivity contribution in [1.29, 1.82) is 0 Å². The lowest BCUT2D eigenvalue weighted by Gasteiger charge is -2.28. The van der Waals surface area contributed by atoms with Gasteiger partial charge >= 0.3 is 11.9 Å². The Labute approximate surface area is 358 Å². The van der Waals surface area contributed by atoms with Crippen LogP contribution in [0.15, 0.2) is 109 Å². The summed E-state index contributed by atoms with van der Waals surface area (Å²) in [5.41, 5.74) is 0. The van der Waals surface area contributed by atoms with Gasteiger partial charge in [0.05, 0.1) is 33.9 Å². The molecule has 0 bridgehead atoms. The highest BCUT2D eigenvalue weighted by atomic mass is 31.2. The van der Waals surface area contributed by atoms with Crippen LogP contribution in [0, 0.1) is 0 Å². The van der Waals surface area contributed by atoms with E-state index >= 15 is 0 Å². The maximum absolute atomic E-state index is 12.6. The number of esters is 2.